The normalized spacial score (nSPS) is 33.0. The van der Waals surface area contributed by atoms with Crippen molar-refractivity contribution in [1.82, 2.24) is 0 Å². The predicted molar refractivity (Wildman–Crippen MR) is 102 cm³/mol. The zero-order chi connectivity index (χ0) is 17.6. The van der Waals surface area contributed by atoms with Crippen molar-refractivity contribution in [2.75, 3.05) is 0 Å². The molecule has 0 saturated carbocycles. The molecular formula is C20H38O2Si. The maximum atomic E-state index is 6.36. The molecule has 3 unspecified atom stereocenters. The van der Waals surface area contributed by atoms with Gasteiger partial charge in [0.05, 0.1) is 12.2 Å². The zero-order valence-electron chi connectivity index (χ0n) is 16.6. The van der Waals surface area contributed by atoms with Crippen LogP contribution < -0.4 is 0 Å². The highest BCUT2D eigenvalue weighted by molar-refractivity contribution is 6.83. The van der Waals surface area contributed by atoms with Crippen molar-refractivity contribution in [2.24, 2.45) is 17.8 Å². The van der Waals surface area contributed by atoms with E-state index in [0.29, 0.717) is 23.9 Å². The van der Waals surface area contributed by atoms with Crippen LogP contribution in [0.3, 0.4) is 0 Å². The van der Waals surface area contributed by atoms with Crippen molar-refractivity contribution in [3.05, 3.63) is 0 Å². The van der Waals surface area contributed by atoms with Gasteiger partial charge in [-0.05, 0) is 31.1 Å². The number of rotatable bonds is 6. The van der Waals surface area contributed by atoms with Gasteiger partial charge in [0.1, 0.15) is 8.07 Å². The van der Waals surface area contributed by atoms with E-state index in [1.54, 1.807) is 0 Å². The predicted octanol–water partition coefficient (Wildman–Crippen LogP) is 5.49. The van der Waals surface area contributed by atoms with Gasteiger partial charge in [-0.3, -0.25) is 0 Å². The van der Waals surface area contributed by atoms with E-state index in [-0.39, 0.29) is 12.4 Å². The highest BCUT2D eigenvalue weighted by Crippen LogP contribution is 2.37. The van der Waals surface area contributed by atoms with Crippen LogP contribution in [0.25, 0.3) is 0 Å². The fraction of sp³-hybridized carbons (Fsp3) is 0.900. The molecule has 0 aromatic heterocycles. The van der Waals surface area contributed by atoms with Gasteiger partial charge in [-0.1, -0.05) is 54.3 Å². The summed E-state index contributed by atoms with van der Waals surface area (Å²) in [5, 5.41) is 0. The van der Waals surface area contributed by atoms with Gasteiger partial charge < -0.3 is 9.47 Å². The highest BCUT2D eigenvalue weighted by Gasteiger charge is 2.39. The minimum absolute atomic E-state index is 0.0546. The first-order valence-electron chi connectivity index (χ1n) is 9.50. The number of hydrogen-bond acceptors (Lipinski definition) is 2. The molecule has 0 aromatic carbocycles. The van der Waals surface area contributed by atoms with E-state index < -0.39 is 8.07 Å². The second kappa shape index (κ2) is 9.25. The molecule has 6 atom stereocenters. The summed E-state index contributed by atoms with van der Waals surface area (Å²) in [5.74, 6) is 5.07. The van der Waals surface area contributed by atoms with Crippen molar-refractivity contribution in [3.8, 4) is 11.5 Å². The second-order valence-corrected chi connectivity index (χ2v) is 13.0. The standard InChI is InChI=1S/C20H38O2Si/c1-9-18(13-11-12-14-23(6,7)8)21-20-17(5)15(3)16(4)19(10-2)22-20/h15-20H,9-11,13H2,1-8H3/t15-,16-,17?,18?,19?,20+/m0/s1. The summed E-state index contributed by atoms with van der Waals surface area (Å²) < 4.78 is 12.6. The smallest absolute Gasteiger partial charge is 0.161 e. The van der Waals surface area contributed by atoms with Crippen LogP contribution in [-0.4, -0.2) is 26.6 Å². The minimum atomic E-state index is -1.25. The van der Waals surface area contributed by atoms with E-state index in [4.69, 9.17) is 9.47 Å². The van der Waals surface area contributed by atoms with Gasteiger partial charge in [-0.25, -0.2) is 0 Å². The molecule has 23 heavy (non-hydrogen) atoms. The van der Waals surface area contributed by atoms with Crippen LogP contribution >= 0.6 is 0 Å². The molecule has 0 amide bonds. The molecule has 1 heterocycles. The van der Waals surface area contributed by atoms with E-state index in [0.717, 1.165) is 25.7 Å². The van der Waals surface area contributed by atoms with Crippen LogP contribution in [0, 0.1) is 29.2 Å². The highest BCUT2D eigenvalue weighted by atomic mass is 28.3. The molecule has 0 N–H and O–H groups in total. The maximum Gasteiger partial charge on any atom is 0.161 e. The Morgan fingerprint density at radius 2 is 1.70 bits per heavy atom. The van der Waals surface area contributed by atoms with Crippen LogP contribution in [0.5, 0.6) is 0 Å². The molecule has 0 radical (unpaired) electrons. The SMILES string of the molecule is CCC(CCC#C[Si](C)(C)C)O[C@@H]1OC(CC)[C@@H](C)[C@H](C)C1C. The van der Waals surface area contributed by atoms with Gasteiger partial charge in [-0.2, -0.15) is 0 Å². The Morgan fingerprint density at radius 3 is 2.22 bits per heavy atom. The fourth-order valence-electron chi connectivity index (χ4n) is 3.23. The Balaban J connectivity index is 2.58. The zero-order valence-corrected chi connectivity index (χ0v) is 17.6. The van der Waals surface area contributed by atoms with Gasteiger partial charge in [0, 0.05) is 12.3 Å². The topological polar surface area (TPSA) is 18.5 Å². The lowest BCUT2D eigenvalue weighted by Gasteiger charge is -2.44. The Morgan fingerprint density at radius 1 is 1.04 bits per heavy atom. The summed E-state index contributed by atoms with van der Waals surface area (Å²) in [7, 11) is -1.25. The quantitative estimate of drug-likeness (QED) is 0.471. The molecule has 0 aliphatic carbocycles. The summed E-state index contributed by atoms with van der Waals surface area (Å²) >= 11 is 0. The molecule has 3 heteroatoms. The molecular weight excluding hydrogens is 300 g/mol. The van der Waals surface area contributed by atoms with Gasteiger partial charge in [-0.15, -0.1) is 11.5 Å². The third kappa shape index (κ3) is 6.61. The minimum Gasteiger partial charge on any atom is -0.349 e. The van der Waals surface area contributed by atoms with E-state index in [1.807, 2.05) is 0 Å². The lowest BCUT2D eigenvalue weighted by Crippen LogP contribution is -2.46. The summed E-state index contributed by atoms with van der Waals surface area (Å²) in [6.45, 7) is 18.2. The Hall–Kier alpha value is -0.303. The van der Waals surface area contributed by atoms with Crippen molar-refractivity contribution in [1.29, 1.82) is 0 Å². The number of hydrogen-bond donors (Lipinski definition) is 0. The molecule has 1 saturated heterocycles. The van der Waals surface area contributed by atoms with Crippen molar-refractivity contribution >= 4 is 8.07 Å². The van der Waals surface area contributed by atoms with E-state index in [1.165, 1.54) is 0 Å². The van der Waals surface area contributed by atoms with Crippen LogP contribution in [0.1, 0.15) is 60.3 Å². The summed E-state index contributed by atoms with van der Waals surface area (Å²) in [4.78, 5) is 0. The molecule has 1 aliphatic heterocycles. The largest absolute Gasteiger partial charge is 0.349 e. The molecule has 0 bridgehead atoms. The fourth-order valence-corrected chi connectivity index (χ4v) is 3.88. The van der Waals surface area contributed by atoms with Crippen molar-refractivity contribution in [2.45, 2.75) is 98.4 Å². The molecule has 0 spiro atoms. The van der Waals surface area contributed by atoms with E-state index in [2.05, 4.69) is 65.7 Å². The monoisotopic (exact) mass is 338 g/mol. The lowest BCUT2D eigenvalue weighted by atomic mass is 9.78. The second-order valence-electron chi connectivity index (χ2n) is 8.29. The molecule has 1 aliphatic rings. The van der Waals surface area contributed by atoms with Gasteiger partial charge in [0.15, 0.2) is 6.29 Å². The van der Waals surface area contributed by atoms with Crippen LogP contribution in [0.15, 0.2) is 0 Å². The third-order valence-corrected chi connectivity index (χ3v) is 6.15. The molecule has 2 nitrogen and oxygen atoms in total. The Kier molecular flexibility index (Phi) is 8.34. The van der Waals surface area contributed by atoms with Gasteiger partial charge >= 0.3 is 0 Å². The van der Waals surface area contributed by atoms with E-state index in [9.17, 15) is 0 Å². The third-order valence-electron chi connectivity index (χ3n) is 5.22. The van der Waals surface area contributed by atoms with Gasteiger partial charge in [0.2, 0.25) is 0 Å². The molecule has 1 rings (SSSR count). The first-order valence-corrected chi connectivity index (χ1v) is 13.0. The Labute approximate surface area is 145 Å². The summed E-state index contributed by atoms with van der Waals surface area (Å²) in [6, 6.07) is 0. The van der Waals surface area contributed by atoms with Crippen LogP contribution in [0.4, 0.5) is 0 Å². The maximum absolute atomic E-state index is 6.36. The number of ether oxygens (including phenoxy) is 2. The molecule has 134 valence electrons. The van der Waals surface area contributed by atoms with Crippen molar-refractivity contribution < 1.29 is 9.47 Å². The Bertz CT molecular complexity index is 402. The van der Waals surface area contributed by atoms with Crippen molar-refractivity contribution in [3.63, 3.8) is 0 Å². The average Bonchev–Trinajstić information content (AvgIpc) is 2.49. The molecule has 1 fully saturated rings. The van der Waals surface area contributed by atoms with Crippen LogP contribution in [0.2, 0.25) is 19.6 Å². The van der Waals surface area contributed by atoms with E-state index >= 15 is 0 Å². The van der Waals surface area contributed by atoms with Crippen LogP contribution in [-0.2, 0) is 9.47 Å². The summed E-state index contributed by atoms with van der Waals surface area (Å²) in [5.41, 5.74) is 3.44. The average molecular weight is 339 g/mol. The first-order chi connectivity index (χ1) is 10.7. The lowest BCUT2D eigenvalue weighted by molar-refractivity contribution is -0.264. The summed E-state index contributed by atoms with van der Waals surface area (Å²) in [6.07, 6.45) is 4.58. The first kappa shape index (κ1) is 20.7. The van der Waals surface area contributed by atoms with Gasteiger partial charge in [0.25, 0.3) is 0 Å². The molecule has 0 aromatic rings.